The Balaban J connectivity index is 2.17. The molecule has 32 heavy (non-hydrogen) atoms. The molecule has 0 aliphatic heterocycles. The molecule has 0 bridgehead atoms. The lowest BCUT2D eigenvalue weighted by molar-refractivity contribution is -0.394. The summed E-state index contributed by atoms with van der Waals surface area (Å²) < 4.78 is 15.2. The Morgan fingerprint density at radius 2 is 1.66 bits per heavy atom. The second-order valence-corrected chi connectivity index (χ2v) is 7.89. The van der Waals surface area contributed by atoms with Gasteiger partial charge in [-0.05, 0) is 43.2 Å². The molecule has 0 spiro atoms. The predicted molar refractivity (Wildman–Crippen MR) is 117 cm³/mol. The molecule has 166 valence electrons. The van der Waals surface area contributed by atoms with E-state index in [4.69, 9.17) is 0 Å². The van der Waals surface area contributed by atoms with E-state index < -0.39 is 27.1 Å². The van der Waals surface area contributed by atoms with Gasteiger partial charge in [-0.15, -0.1) is 11.3 Å². The van der Waals surface area contributed by atoms with Crippen LogP contribution in [-0.2, 0) is 13.0 Å². The molecule has 0 radical (unpaired) electrons. The normalized spacial score (nSPS) is 11.5. The van der Waals surface area contributed by atoms with E-state index in [0.717, 1.165) is 40.8 Å². The monoisotopic (exact) mass is 458 g/mol. The van der Waals surface area contributed by atoms with E-state index in [1.807, 2.05) is 18.4 Å². The van der Waals surface area contributed by atoms with Gasteiger partial charge in [0.25, 0.3) is 17.3 Å². The fraction of sp³-hybridized carbons (Fsp3) is 0.238. The molecular formula is C21H19FN4O5S. The van der Waals surface area contributed by atoms with Crippen molar-refractivity contribution in [3.63, 3.8) is 0 Å². The van der Waals surface area contributed by atoms with Gasteiger partial charge < -0.3 is 4.57 Å². The molecule has 1 amide bonds. The summed E-state index contributed by atoms with van der Waals surface area (Å²) in [6.45, 7) is 4.35. The zero-order valence-corrected chi connectivity index (χ0v) is 18.1. The van der Waals surface area contributed by atoms with E-state index in [-0.39, 0.29) is 11.4 Å². The first-order chi connectivity index (χ1) is 15.2. The average Bonchev–Trinajstić information content (AvgIpc) is 3.10. The van der Waals surface area contributed by atoms with Crippen molar-refractivity contribution in [1.82, 2.24) is 4.57 Å². The van der Waals surface area contributed by atoms with Gasteiger partial charge in [-0.3, -0.25) is 25.0 Å². The average molecular weight is 458 g/mol. The first kappa shape index (κ1) is 22.9. The van der Waals surface area contributed by atoms with Crippen molar-refractivity contribution in [2.24, 2.45) is 4.99 Å². The molecular weight excluding hydrogens is 439 g/mol. The highest BCUT2D eigenvalue weighted by Gasteiger charge is 2.21. The summed E-state index contributed by atoms with van der Waals surface area (Å²) >= 11 is 1.29. The van der Waals surface area contributed by atoms with Crippen LogP contribution in [0.3, 0.4) is 0 Å². The van der Waals surface area contributed by atoms with E-state index in [9.17, 15) is 29.4 Å². The van der Waals surface area contributed by atoms with Crippen molar-refractivity contribution in [2.75, 3.05) is 0 Å². The summed E-state index contributed by atoms with van der Waals surface area (Å²) in [5, 5.41) is 22.2. The summed E-state index contributed by atoms with van der Waals surface area (Å²) in [6.07, 6.45) is 1.55. The van der Waals surface area contributed by atoms with Crippen molar-refractivity contribution in [1.29, 1.82) is 0 Å². The summed E-state index contributed by atoms with van der Waals surface area (Å²) in [5.41, 5.74) is 0.211. The highest BCUT2D eigenvalue weighted by molar-refractivity contribution is 7.09. The minimum absolute atomic E-state index is 0.248. The number of hydrogen-bond acceptors (Lipinski definition) is 6. The number of carbonyl (C=O) groups is 1. The third-order valence-corrected chi connectivity index (χ3v) is 5.80. The minimum atomic E-state index is -0.825. The highest BCUT2D eigenvalue weighted by Crippen LogP contribution is 2.28. The molecule has 11 heteroatoms. The first-order valence-corrected chi connectivity index (χ1v) is 10.6. The molecule has 0 aliphatic rings. The maximum absolute atomic E-state index is 13.4. The number of nitro benzene ring substituents is 2. The van der Waals surface area contributed by atoms with Gasteiger partial charge in [-0.25, -0.2) is 4.39 Å². The SMILES string of the molecule is CCCc1sc(=NC(=O)c2cc([N+](=O)[O-])cc([N+](=O)[O-])c2)n(CC)c1-c1ccc(F)cc1. The molecule has 0 saturated carbocycles. The number of nitro groups is 2. The van der Waals surface area contributed by atoms with Crippen LogP contribution in [-0.4, -0.2) is 20.3 Å². The van der Waals surface area contributed by atoms with E-state index in [2.05, 4.69) is 4.99 Å². The van der Waals surface area contributed by atoms with E-state index in [0.29, 0.717) is 17.8 Å². The molecule has 0 fully saturated rings. The molecule has 1 heterocycles. The maximum Gasteiger partial charge on any atom is 0.280 e. The molecule has 3 rings (SSSR count). The summed E-state index contributed by atoms with van der Waals surface area (Å²) in [6, 6.07) is 8.74. The topological polar surface area (TPSA) is 121 Å². The van der Waals surface area contributed by atoms with Crippen molar-refractivity contribution >= 4 is 28.6 Å². The van der Waals surface area contributed by atoms with Crippen LogP contribution in [0, 0.1) is 26.0 Å². The molecule has 0 N–H and O–H groups in total. The summed E-state index contributed by atoms with van der Waals surface area (Å²) in [5.74, 6) is -1.19. The number of nitrogens with zero attached hydrogens (tertiary/aromatic N) is 4. The number of aromatic nitrogens is 1. The fourth-order valence-corrected chi connectivity index (χ4v) is 4.55. The number of aryl methyl sites for hydroxylation is 1. The van der Waals surface area contributed by atoms with E-state index >= 15 is 0 Å². The van der Waals surface area contributed by atoms with Crippen molar-refractivity contribution < 1.29 is 19.0 Å². The fourth-order valence-electron chi connectivity index (χ4n) is 3.24. The lowest BCUT2D eigenvalue weighted by Crippen LogP contribution is -2.17. The minimum Gasteiger partial charge on any atom is -0.316 e. The largest absolute Gasteiger partial charge is 0.316 e. The van der Waals surface area contributed by atoms with Crippen LogP contribution >= 0.6 is 11.3 Å². The zero-order valence-electron chi connectivity index (χ0n) is 17.3. The van der Waals surface area contributed by atoms with Crippen LogP contribution in [0.5, 0.6) is 0 Å². The van der Waals surface area contributed by atoms with Gasteiger partial charge in [0.2, 0.25) is 0 Å². The van der Waals surface area contributed by atoms with Crippen LogP contribution in [0.4, 0.5) is 15.8 Å². The van der Waals surface area contributed by atoms with Gasteiger partial charge in [-0.2, -0.15) is 4.99 Å². The van der Waals surface area contributed by atoms with Gasteiger partial charge in [-0.1, -0.05) is 13.3 Å². The molecule has 0 atom stereocenters. The Labute approximate surface area is 185 Å². The van der Waals surface area contributed by atoms with E-state index in [1.54, 1.807) is 12.1 Å². The second-order valence-electron chi connectivity index (χ2n) is 6.83. The molecule has 0 aliphatic carbocycles. The van der Waals surface area contributed by atoms with Crippen LogP contribution in [0.25, 0.3) is 11.3 Å². The Hall–Kier alpha value is -3.73. The second kappa shape index (κ2) is 9.60. The first-order valence-electron chi connectivity index (χ1n) is 9.76. The number of hydrogen-bond donors (Lipinski definition) is 0. The Morgan fingerprint density at radius 1 is 1.06 bits per heavy atom. The number of benzene rings is 2. The van der Waals surface area contributed by atoms with Crippen LogP contribution < -0.4 is 4.80 Å². The van der Waals surface area contributed by atoms with Gasteiger partial charge in [0, 0.05) is 23.6 Å². The quantitative estimate of drug-likeness (QED) is 0.369. The lowest BCUT2D eigenvalue weighted by atomic mass is 10.1. The molecule has 1 aromatic heterocycles. The third-order valence-electron chi connectivity index (χ3n) is 4.66. The van der Waals surface area contributed by atoms with Crippen molar-refractivity contribution in [3.8, 4) is 11.3 Å². The lowest BCUT2D eigenvalue weighted by Gasteiger charge is -2.09. The Morgan fingerprint density at radius 3 is 2.16 bits per heavy atom. The number of amides is 1. The number of non-ortho nitro benzene ring substituents is 2. The van der Waals surface area contributed by atoms with Gasteiger partial charge >= 0.3 is 0 Å². The van der Waals surface area contributed by atoms with Crippen LogP contribution in [0.2, 0.25) is 0 Å². The predicted octanol–water partition coefficient (Wildman–Crippen LogP) is 4.89. The maximum atomic E-state index is 13.4. The molecule has 0 unspecified atom stereocenters. The molecule has 2 aromatic carbocycles. The van der Waals surface area contributed by atoms with Gasteiger partial charge in [0.05, 0.1) is 27.2 Å². The highest BCUT2D eigenvalue weighted by atomic mass is 32.1. The van der Waals surface area contributed by atoms with Crippen LogP contribution in [0.1, 0.15) is 35.5 Å². The van der Waals surface area contributed by atoms with E-state index in [1.165, 1.54) is 23.5 Å². The third kappa shape index (κ3) is 4.78. The summed E-state index contributed by atoms with van der Waals surface area (Å²) in [7, 11) is 0. The zero-order chi connectivity index (χ0) is 23.4. The molecule has 3 aromatic rings. The number of halogens is 1. The Bertz CT molecular complexity index is 1230. The van der Waals surface area contributed by atoms with Gasteiger partial charge in [0.1, 0.15) is 5.82 Å². The summed E-state index contributed by atoms with van der Waals surface area (Å²) in [4.78, 5) is 38.9. The van der Waals surface area contributed by atoms with Crippen molar-refractivity contribution in [3.05, 3.63) is 83.8 Å². The number of carbonyl (C=O) groups excluding carboxylic acids is 1. The van der Waals surface area contributed by atoms with Gasteiger partial charge in [0.15, 0.2) is 4.80 Å². The van der Waals surface area contributed by atoms with Crippen molar-refractivity contribution in [2.45, 2.75) is 33.2 Å². The number of thiazole rings is 1. The standard InChI is InChI=1S/C21H19FN4O5S/c1-3-5-18-19(13-6-8-15(22)9-7-13)24(4-2)21(32-18)23-20(27)14-10-16(25(28)29)12-17(11-14)26(30)31/h6-12H,3-5H2,1-2H3. The van der Waals surface area contributed by atoms with Crippen LogP contribution in [0.15, 0.2) is 47.5 Å². The Kier molecular flexibility index (Phi) is 6.89. The smallest absolute Gasteiger partial charge is 0.280 e. The molecule has 9 nitrogen and oxygen atoms in total. The molecule has 0 saturated heterocycles. The number of rotatable bonds is 7.